The van der Waals surface area contributed by atoms with Crippen LogP contribution in [0.15, 0.2) is 47.4 Å². The Morgan fingerprint density at radius 3 is 2.60 bits per heavy atom. The van der Waals surface area contributed by atoms with Crippen molar-refractivity contribution in [2.24, 2.45) is 0 Å². The van der Waals surface area contributed by atoms with Crippen LogP contribution in [0.25, 0.3) is 11.1 Å². The van der Waals surface area contributed by atoms with Gasteiger partial charge in [-0.15, -0.1) is 0 Å². The van der Waals surface area contributed by atoms with Crippen LogP contribution in [-0.2, 0) is 0 Å². The summed E-state index contributed by atoms with van der Waals surface area (Å²) >= 11 is 7.85. The highest BCUT2D eigenvalue weighted by Gasteiger charge is 2.09. The van der Waals surface area contributed by atoms with Crippen LogP contribution in [0.3, 0.4) is 0 Å². The average molecular weight is 308 g/mol. The summed E-state index contributed by atoms with van der Waals surface area (Å²) in [6.45, 7) is 2.57. The van der Waals surface area contributed by atoms with Gasteiger partial charge in [0, 0.05) is 4.90 Å². The Bertz CT molecular complexity index is 586. The lowest BCUT2D eigenvalue weighted by Gasteiger charge is -2.14. The minimum absolute atomic E-state index is 0.608. The molecule has 0 atom stereocenters. The van der Waals surface area contributed by atoms with Gasteiger partial charge in [-0.2, -0.15) is 0 Å². The minimum atomic E-state index is 0.608. The molecular formula is C16H18ClNOS. The van der Waals surface area contributed by atoms with Gasteiger partial charge in [0.2, 0.25) is 0 Å². The molecule has 20 heavy (non-hydrogen) atoms. The van der Waals surface area contributed by atoms with Crippen LogP contribution in [0.2, 0.25) is 5.02 Å². The molecular weight excluding hydrogens is 290 g/mol. The number of benzene rings is 2. The maximum Gasteiger partial charge on any atom is 0.138 e. The van der Waals surface area contributed by atoms with Crippen LogP contribution >= 0.6 is 23.5 Å². The summed E-state index contributed by atoms with van der Waals surface area (Å²) in [6.07, 6.45) is 0. The Morgan fingerprint density at radius 1 is 1.15 bits per heavy atom. The monoisotopic (exact) mass is 307 g/mol. The molecule has 0 aliphatic carbocycles. The SMILES string of the molecule is CCOc1cc(-c2ccccc2SN(C)C)ccc1Cl. The Morgan fingerprint density at radius 2 is 1.90 bits per heavy atom. The molecule has 2 rings (SSSR count). The average Bonchev–Trinajstić information content (AvgIpc) is 2.42. The third kappa shape index (κ3) is 3.69. The predicted molar refractivity (Wildman–Crippen MR) is 87.6 cm³/mol. The zero-order chi connectivity index (χ0) is 14.5. The van der Waals surface area contributed by atoms with E-state index >= 15 is 0 Å². The van der Waals surface area contributed by atoms with Crippen LogP contribution in [0.5, 0.6) is 5.75 Å². The zero-order valence-electron chi connectivity index (χ0n) is 11.9. The first-order valence-corrected chi connectivity index (χ1v) is 7.64. The molecule has 2 aromatic rings. The van der Waals surface area contributed by atoms with E-state index in [2.05, 4.69) is 22.5 Å². The highest BCUT2D eigenvalue weighted by Crippen LogP contribution is 2.36. The van der Waals surface area contributed by atoms with Crippen molar-refractivity contribution in [2.45, 2.75) is 11.8 Å². The van der Waals surface area contributed by atoms with Gasteiger partial charge in [0.05, 0.1) is 11.6 Å². The molecule has 2 nitrogen and oxygen atoms in total. The molecule has 0 N–H and O–H groups in total. The molecule has 0 fully saturated rings. The largest absolute Gasteiger partial charge is 0.492 e. The van der Waals surface area contributed by atoms with Crippen molar-refractivity contribution in [2.75, 3.05) is 20.7 Å². The maximum absolute atomic E-state index is 6.15. The number of ether oxygens (including phenoxy) is 1. The van der Waals surface area contributed by atoms with Gasteiger partial charge in [-0.05, 0) is 62.3 Å². The molecule has 0 heterocycles. The molecule has 4 heteroatoms. The minimum Gasteiger partial charge on any atom is -0.492 e. The van der Waals surface area contributed by atoms with Gasteiger partial charge < -0.3 is 4.74 Å². The number of hydrogen-bond acceptors (Lipinski definition) is 3. The Balaban J connectivity index is 2.43. The number of hydrogen-bond donors (Lipinski definition) is 0. The quantitative estimate of drug-likeness (QED) is 0.723. The molecule has 0 saturated carbocycles. The molecule has 0 unspecified atom stereocenters. The predicted octanol–water partition coefficient (Wildman–Crippen LogP) is 4.97. The summed E-state index contributed by atoms with van der Waals surface area (Å²) < 4.78 is 7.65. The molecule has 0 bridgehead atoms. The van der Waals surface area contributed by atoms with Crippen LogP contribution in [-0.4, -0.2) is 25.0 Å². The molecule has 0 aliphatic rings. The van der Waals surface area contributed by atoms with E-state index < -0.39 is 0 Å². The number of nitrogens with zero attached hydrogens (tertiary/aromatic N) is 1. The fourth-order valence-electron chi connectivity index (χ4n) is 1.92. The van der Waals surface area contributed by atoms with Gasteiger partial charge in [0.15, 0.2) is 0 Å². The van der Waals surface area contributed by atoms with Crippen LogP contribution < -0.4 is 4.74 Å². The lowest BCUT2D eigenvalue weighted by atomic mass is 10.1. The fraction of sp³-hybridized carbons (Fsp3) is 0.250. The van der Waals surface area contributed by atoms with Crippen LogP contribution in [0.1, 0.15) is 6.92 Å². The van der Waals surface area contributed by atoms with Crippen molar-refractivity contribution in [3.63, 3.8) is 0 Å². The lowest BCUT2D eigenvalue weighted by molar-refractivity contribution is 0.340. The maximum atomic E-state index is 6.15. The van der Waals surface area contributed by atoms with Crippen LogP contribution in [0, 0.1) is 0 Å². The summed E-state index contributed by atoms with van der Waals surface area (Å²) in [7, 11) is 4.07. The molecule has 0 radical (unpaired) electrons. The number of rotatable bonds is 5. The van der Waals surface area contributed by atoms with Gasteiger partial charge in [-0.1, -0.05) is 35.9 Å². The van der Waals surface area contributed by atoms with Crippen molar-refractivity contribution < 1.29 is 4.74 Å². The summed E-state index contributed by atoms with van der Waals surface area (Å²) in [6, 6.07) is 14.2. The van der Waals surface area contributed by atoms with E-state index in [4.69, 9.17) is 16.3 Å². The van der Waals surface area contributed by atoms with Gasteiger partial charge in [-0.3, -0.25) is 4.31 Å². The van der Waals surface area contributed by atoms with E-state index in [1.54, 1.807) is 11.9 Å². The van der Waals surface area contributed by atoms with Crippen molar-refractivity contribution in [3.05, 3.63) is 47.5 Å². The second-order valence-electron chi connectivity index (χ2n) is 4.48. The summed E-state index contributed by atoms with van der Waals surface area (Å²) in [4.78, 5) is 1.21. The molecule has 0 aromatic heterocycles. The Kier molecular flexibility index (Phi) is 5.35. The van der Waals surface area contributed by atoms with E-state index in [1.807, 2.05) is 45.3 Å². The summed E-state index contributed by atoms with van der Waals surface area (Å²) in [5, 5.41) is 0.647. The van der Waals surface area contributed by atoms with Crippen molar-refractivity contribution in [3.8, 4) is 16.9 Å². The molecule has 0 saturated heterocycles. The highest BCUT2D eigenvalue weighted by atomic mass is 35.5. The zero-order valence-corrected chi connectivity index (χ0v) is 13.5. The fourth-order valence-corrected chi connectivity index (χ4v) is 2.91. The van der Waals surface area contributed by atoms with Crippen molar-refractivity contribution in [1.82, 2.24) is 4.31 Å². The summed E-state index contributed by atoms with van der Waals surface area (Å²) in [5.74, 6) is 0.733. The van der Waals surface area contributed by atoms with Gasteiger partial charge in [0.25, 0.3) is 0 Å². The first-order chi connectivity index (χ1) is 9.61. The molecule has 106 valence electrons. The van der Waals surface area contributed by atoms with Crippen LogP contribution in [0.4, 0.5) is 0 Å². The molecule has 0 amide bonds. The van der Waals surface area contributed by atoms with E-state index in [-0.39, 0.29) is 0 Å². The van der Waals surface area contributed by atoms with Crippen molar-refractivity contribution in [1.29, 1.82) is 0 Å². The molecule has 0 aliphatic heterocycles. The highest BCUT2D eigenvalue weighted by molar-refractivity contribution is 7.97. The van der Waals surface area contributed by atoms with Gasteiger partial charge in [0.1, 0.15) is 5.75 Å². The standard InChI is InChI=1S/C16H18ClNOS/c1-4-19-15-11-12(9-10-14(15)17)13-7-5-6-8-16(13)20-18(2)3/h5-11H,4H2,1-3H3. The second-order valence-corrected chi connectivity index (χ2v) is 6.24. The normalized spacial score (nSPS) is 10.8. The van der Waals surface area contributed by atoms with Crippen molar-refractivity contribution >= 4 is 23.5 Å². The first-order valence-electron chi connectivity index (χ1n) is 6.49. The van der Waals surface area contributed by atoms with E-state index in [1.165, 1.54) is 10.5 Å². The molecule has 0 spiro atoms. The Hall–Kier alpha value is -1.16. The second kappa shape index (κ2) is 7.02. The third-order valence-electron chi connectivity index (χ3n) is 2.71. The van der Waals surface area contributed by atoms with E-state index in [0.29, 0.717) is 11.6 Å². The topological polar surface area (TPSA) is 12.5 Å². The van der Waals surface area contributed by atoms with Gasteiger partial charge in [-0.25, -0.2) is 0 Å². The Labute approximate surface area is 129 Å². The molecule has 2 aromatic carbocycles. The lowest BCUT2D eigenvalue weighted by Crippen LogP contribution is -1.99. The van der Waals surface area contributed by atoms with E-state index in [0.717, 1.165) is 11.3 Å². The summed E-state index contributed by atoms with van der Waals surface area (Å²) in [5.41, 5.74) is 2.30. The van der Waals surface area contributed by atoms with E-state index in [9.17, 15) is 0 Å². The third-order valence-corrected chi connectivity index (χ3v) is 3.94. The number of halogens is 1. The first kappa shape index (κ1) is 15.2. The van der Waals surface area contributed by atoms with Gasteiger partial charge >= 0.3 is 0 Å². The smallest absolute Gasteiger partial charge is 0.138 e.